The number of anilines is 1. The maximum atomic E-state index is 12.6. The van der Waals surface area contributed by atoms with Crippen LogP contribution in [0.15, 0.2) is 42.6 Å². The van der Waals surface area contributed by atoms with E-state index < -0.39 is 23.6 Å². The van der Waals surface area contributed by atoms with Crippen LogP contribution in [0.4, 0.5) is 18.9 Å². The van der Waals surface area contributed by atoms with Gasteiger partial charge in [-0.3, -0.25) is 4.79 Å². The fraction of sp³-hybridized carbons (Fsp3) is 0.0714. The number of aromatic nitrogens is 1. The Hall–Kier alpha value is -2.90. The summed E-state index contributed by atoms with van der Waals surface area (Å²) in [4.78, 5) is 26.1. The summed E-state index contributed by atoms with van der Waals surface area (Å²) < 4.78 is 37.7. The highest BCUT2D eigenvalue weighted by atomic mass is 19.4. The minimum absolute atomic E-state index is 0.0258. The molecule has 5 nitrogen and oxygen atoms in total. The maximum Gasteiger partial charge on any atom is 0.416 e. The number of hydrogen-bond donors (Lipinski definition) is 2. The lowest BCUT2D eigenvalue weighted by molar-refractivity contribution is -0.137. The van der Waals surface area contributed by atoms with Gasteiger partial charge in [0.1, 0.15) is 5.69 Å². The molecule has 0 unspecified atom stereocenters. The fourth-order valence-electron chi connectivity index (χ4n) is 1.63. The summed E-state index contributed by atoms with van der Waals surface area (Å²) in [6, 6.07) is 6.52. The van der Waals surface area contributed by atoms with E-state index in [1.807, 2.05) is 0 Å². The summed E-state index contributed by atoms with van der Waals surface area (Å²) >= 11 is 0. The number of carbonyl (C=O) groups excluding carboxylic acids is 1. The van der Waals surface area contributed by atoms with Crippen molar-refractivity contribution in [3.63, 3.8) is 0 Å². The molecule has 1 heterocycles. The third kappa shape index (κ3) is 3.60. The van der Waals surface area contributed by atoms with Crippen LogP contribution in [0.5, 0.6) is 0 Å². The van der Waals surface area contributed by atoms with E-state index in [-0.39, 0.29) is 16.9 Å². The van der Waals surface area contributed by atoms with Crippen molar-refractivity contribution in [2.24, 2.45) is 0 Å². The molecule has 1 amide bonds. The van der Waals surface area contributed by atoms with Crippen molar-refractivity contribution in [1.82, 2.24) is 4.98 Å². The Morgan fingerprint density at radius 1 is 1.14 bits per heavy atom. The van der Waals surface area contributed by atoms with Gasteiger partial charge in [-0.05, 0) is 30.3 Å². The Morgan fingerprint density at radius 2 is 1.86 bits per heavy atom. The number of carboxylic acid groups (broad SMARTS) is 1. The van der Waals surface area contributed by atoms with Crippen LogP contribution in [-0.2, 0) is 6.18 Å². The lowest BCUT2D eigenvalue weighted by Crippen LogP contribution is -2.14. The van der Waals surface area contributed by atoms with Crippen LogP contribution in [0.25, 0.3) is 0 Å². The molecule has 1 aromatic heterocycles. The van der Waals surface area contributed by atoms with Gasteiger partial charge in [0.05, 0.1) is 11.1 Å². The first kappa shape index (κ1) is 15.5. The summed E-state index contributed by atoms with van der Waals surface area (Å²) in [5.74, 6) is -1.94. The van der Waals surface area contributed by atoms with Crippen LogP contribution in [0.1, 0.15) is 26.4 Å². The Labute approximate surface area is 122 Å². The molecular weight excluding hydrogens is 301 g/mol. The van der Waals surface area contributed by atoms with Gasteiger partial charge >= 0.3 is 12.1 Å². The minimum atomic E-state index is -4.51. The average Bonchev–Trinajstić information content (AvgIpc) is 2.46. The summed E-state index contributed by atoms with van der Waals surface area (Å²) in [6.07, 6.45) is -3.47. The number of alkyl halides is 3. The number of nitrogens with one attached hydrogen (secondary N) is 1. The molecule has 2 N–H and O–H groups in total. The summed E-state index contributed by atoms with van der Waals surface area (Å²) in [5.41, 5.74) is -1.12. The van der Waals surface area contributed by atoms with E-state index in [2.05, 4.69) is 10.3 Å². The van der Waals surface area contributed by atoms with E-state index in [1.165, 1.54) is 18.2 Å². The molecule has 0 saturated carbocycles. The summed E-state index contributed by atoms with van der Waals surface area (Å²) in [6.45, 7) is 0. The largest absolute Gasteiger partial charge is 0.477 e. The van der Waals surface area contributed by atoms with Crippen LogP contribution in [-0.4, -0.2) is 22.0 Å². The first-order chi connectivity index (χ1) is 10.3. The normalized spacial score (nSPS) is 11.0. The topological polar surface area (TPSA) is 79.3 Å². The molecule has 0 radical (unpaired) electrons. The van der Waals surface area contributed by atoms with Gasteiger partial charge in [-0.2, -0.15) is 13.2 Å². The smallest absolute Gasteiger partial charge is 0.416 e. The predicted molar refractivity (Wildman–Crippen MR) is 70.6 cm³/mol. The molecule has 0 spiro atoms. The number of nitrogens with zero attached hydrogens (tertiary/aromatic N) is 1. The molecule has 0 saturated heterocycles. The second-order valence-corrected chi connectivity index (χ2v) is 4.27. The lowest BCUT2D eigenvalue weighted by Gasteiger charge is -2.09. The van der Waals surface area contributed by atoms with Gasteiger partial charge in [0.15, 0.2) is 0 Å². The second kappa shape index (κ2) is 5.84. The number of halogens is 3. The molecule has 1 aromatic carbocycles. The van der Waals surface area contributed by atoms with Gasteiger partial charge in [-0.15, -0.1) is 0 Å². The Bertz CT molecular complexity index is 712. The number of benzene rings is 1. The first-order valence-electron chi connectivity index (χ1n) is 5.95. The molecule has 0 aliphatic rings. The van der Waals surface area contributed by atoms with Crippen molar-refractivity contribution >= 4 is 17.6 Å². The van der Waals surface area contributed by atoms with E-state index in [0.29, 0.717) is 0 Å². The van der Waals surface area contributed by atoms with E-state index in [1.54, 1.807) is 0 Å². The first-order valence-corrected chi connectivity index (χ1v) is 5.95. The highest BCUT2D eigenvalue weighted by Crippen LogP contribution is 2.30. The lowest BCUT2D eigenvalue weighted by atomic mass is 10.2. The van der Waals surface area contributed by atoms with Crippen molar-refractivity contribution in [2.75, 3.05) is 5.32 Å². The van der Waals surface area contributed by atoms with Gasteiger partial charge < -0.3 is 10.4 Å². The van der Waals surface area contributed by atoms with Crippen LogP contribution >= 0.6 is 0 Å². The Balaban J connectivity index is 2.17. The van der Waals surface area contributed by atoms with Gasteiger partial charge in [-0.25, -0.2) is 9.78 Å². The third-order valence-electron chi connectivity index (χ3n) is 2.69. The zero-order valence-electron chi connectivity index (χ0n) is 10.9. The molecule has 0 aliphatic heterocycles. The number of aromatic carboxylic acids is 1. The van der Waals surface area contributed by atoms with Crippen molar-refractivity contribution in [1.29, 1.82) is 0 Å². The molecule has 0 fully saturated rings. The minimum Gasteiger partial charge on any atom is -0.477 e. The number of amides is 1. The molecule has 114 valence electrons. The van der Waals surface area contributed by atoms with E-state index in [0.717, 1.165) is 24.4 Å². The van der Waals surface area contributed by atoms with Crippen LogP contribution in [0.3, 0.4) is 0 Å². The van der Waals surface area contributed by atoms with Crippen LogP contribution in [0.2, 0.25) is 0 Å². The van der Waals surface area contributed by atoms with Gasteiger partial charge in [0, 0.05) is 11.9 Å². The predicted octanol–water partition coefficient (Wildman–Crippen LogP) is 3.05. The Kier molecular flexibility index (Phi) is 4.11. The molecule has 0 atom stereocenters. The van der Waals surface area contributed by atoms with Crippen molar-refractivity contribution in [3.8, 4) is 0 Å². The molecule has 2 rings (SSSR count). The molecule has 2 aromatic rings. The quantitative estimate of drug-likeness (QED) is 0.913. The summed E-state index contributed by atoms with van der Waals surface area (Å²) in [5, 5.41) is 11.0. The zero-order chi connectivity index (χ0) is 16.3. The highest BCUT2D eigenvalue weighted by Gasteiger charge is 2.30. The second-order valence-electron chi connectivity index (χ2n) is 4.27. The summed E-state index contributed by atoms with van der Waals surface area (Å²) in [7, 11) is 0. The Morgan fingerprint density at radius 3 is 2.41 bits per heavy atom. The molecule has 0 aliphatic carbocycles. The van der Waals surface area contributed by atoms with Crippen molar-refractivity contribution < 1.29 is 27.9 Å². The number of rotatable bonds is 3. The standard InChI is InChI=1S/C14H9F3N2O3/c15-14(16,17)9-2-1-3-10(6-9)19-12(20)8-4-5-11(13(21)22)18-7-8/h1-7H,(H,19,20)(H,21,22). The zero-order valence-corrected chi connectivity index (χ0v) is 10.9. The van der Waals surface area contributed by atoms with Gasteiger partial charge in [0.25, 0.3) is 5.91 Å². The number of hydrogen-bond acceptors (Lipinski definition) is 3. The van der Waals surface area contributed by atoms with E-state index in [4.69, 9.17) is 5.11 Å². The van der Waals surface area contributed by atoms with Crippen LogP contribution < -0.4 is 5.32 Å². The molecule has 0 bridgehead atoms. The number of pyridine rings is 1. The van der Waals surface area contributed by atoms with E-state index >= 15 is 0 Å². The maximum absolute atomic E-state index is 12.6. The SMILES string of the molecule is O=C(Nc1cccc(C(F)(F)F)c1)c1ccc(C(=O)O)nc1. The molecular formula is C14H9F3N2O3. The molecule has 8 heteroatoms. The van der Waals surface area contributed by atoms with Crippen molar-refractivity contribution in [2.45, 2.75) is 6.18 Å². The highest BCUT2D eigenvalue weighted by molar-refractivity contribution is 6.04. The van der Waals surface area contributed by atoms with Crippen LogP contribution in [0, 0.1) is 0 Å². The third-order valence-corrected chi connectivity index (χ3v) is 2.69. The molecule has 22 heavy (non-hydrogen) atoms. The van der Waals surface area contributed by atoms with Gasteiger partial charge in [0.2, 0.25) is 0 Å². The average molecular weight is 310 g/mol. The number of carbonyl (C=O) groups is 2. The van der Waals surface area contributed by atoms with Crippen molar-refractivity contribution in [3.05, 3.63) is 59.4 Å². The fourth-order valence-corrected chi connectivity index (χ4v) is 1.63. The van der Waals surface area contributed by atoms with E-state index in [9.17, 15) is 22.8 Å². The number of carboxylic acids is 1. The monoisotopic (exact) mass is 310 g/mol. The van der Waals surface area contributed by atoms with Gasteiger partial charge in [-0.1, -0.05) is 6.07 Å².